The van der Waals surface area contributed by atoms with Gasteiger partial charge in [-0.05, 0) is 80.3 Å². The van der Waals surface area contributed by atoms with Crippen LogP contribution in [0, 0.1) is 5.82 Å². The molecule has 2 N–H and O–H groups in total. The lowest BCUT2D eigenvalue weighted by Gasteiger charge is -2.52. The molecule has 0 radical (unpaired) electrons. The maximum absolute atomic E-state index is 14.7. The highest BCUT2D eigenvalue weighted by Crippen LogP contribution is 2.59. The van der Waals surface area contributed by atoms with E-state index in [1.165, 1.54) is 12.1 Å². The van der Waals surface area contributed by atoms with Gasteiger partial charge in [-0.1, -0.05) is 53.5 Å². The van der Waals surface area contributed by atoms with Gasteiger partial charge in [0.1, 0.15) is 11.2 Å². The van der Waals surface area contributed by atoms with Crippen molar-refractivity contribution in [3.63, 3.8) is 0 Å². The summed E-state index contributed by atoms with van der Waals surface area (Å²) in [6, 6.07) is 17.8. The first-order chi connectivity index (χ1) is 17.5. The Morgan fingerprint density at radius 3 is 2.41 bits per heavy atom. The van der Waals surface area contributed by atoms with Gasteiger partial charge in [-0.15, -0.1) is 0 Å². The van der Waals surface area contributed by atoms with Crippen LogP contribution in [0.25, 0.3) is 0 Å². The number of benzene rings is 3. The Labute approximate surface area is 226 Å². The molecule has 1 saturated heterocycles. The highest BCUT2D eigenvalue weighted by Gasteiger charge is 2.62. The topological polar surface area (TPSA) is 61.4 Å². The summed E-state index contributed by atoms with van der Waals surface area (Å²) in [5.41, 5.74) is 1.03. The number of carbonyl (C=O) groups is 2. The third kappa shape index (κ3) is 4.47. The molecule has 8 heteroatoms. The van der Waals surface area contributed by atoms with Gasteiger partial charge < -0.3 is 15.5 Å². The van der Waals surface area contributed by atoms with E-state index in [0.717, 1.165) is 11.1 Å². The van der Waals surface area contributed by atoms with Crippen molar-refractivity contribution in [2.45, 2.75) is 50.1 Å². The number of rotatable bonds is 2. The molecule has 5 rings (SSSR count). The van der Waals surface area contributed by atoms with Crippen LogP contribution in [0.15, 0.2) is 66.7 Å². The number of hydrogen-bond donors (Lipinski definition) is 2. The number of carbonyl (C=O) groups excluding carboxylic acids is 2. The van der Waals surface area contributed by atoms with E-state index in [-0.39, 0.29) is 17.9 Å². The SMILES string of the molecule is CC(C)(C)NC(=O)N1CC[C@H](c2ccc(Cl)cc2)[C@@]2(C(=O)Nc3cc(Cl)ccc32)[C@@H]1c1cccc(F)c1. The molecule has 2 heterocycles. The summed E-state index contributed by atoms with van der Waals surface area (Å²) in [7, 11) is 0. The Balaban J connectivity index is 1.79. The molecule has 3 atom stereocenters. The van der Waals surface area contributed by atoms with E-state index < -0.39 is 22.8 Å². The predicted molar refractivity (Wildman–Crippen MR) is 145 cm³/mol. The van der Waals surface area contributed by atoms with Crippen molar-refractivity contribution >= 4 is 40.8 Å². The average molecular weight is 540 g/mol. The number of likely N-dealkylation sites (tertiary alicyclic amines) is 1. The zero-order chi connectivity index (χ0) is 26.5. The van der Waals surface area contributed by atoms with Crippen LogP contribution in [0.4, 0.5) is 14.9 Å². The van der Waals surface area contributed by atoms with Gasteiger partial charge in [0, 0.05) is 33.7 Å². The van der Waals surface area contributed by atoms with Gasteiger partial charge in [-0.2, -0.15) is 0 Å². The Morgan fingerprint density at radius 1 is 1.03 bits per heavy atom. The molecule has 1 spiro atoms. The third-order valence-electron chi connectivity index (χ3n) is 7.18. The molecule has 0 aliphatic carbocycles. The summed E-state index contributed by atoms with van der Waals surface area (Å²) >= 11 is 12.5. The molecule has 2 aliphatic heterocycles. The Hall–Kier alpha value is -3.09. The number of nitrogens with one attached hydrogen (secondary N) is 2. The van der Waals surface area contributed by atoms with E-state index in [1.807, 2.05) is 39.0 Å². The second kappa shape index (κ2) is 9.34. The first-order valence-corrected chi connectivity index (χ1v) is 13.0. The molecule has 37 heavy (non-hydrogen) atoms. The van der Waals surface area contributed by atoms with Crippen LogP contribution in [-0.4, -0.2) is 28.9 Å². The van der Waals surface area contributed by atoms with E-state index >= 15 is 0 Å². The van der Waals surface area contributed by atoms with Gasteiger partial charge in [-0.3, -0.25) is 4.79 Å². The number of amides is 3. The fourth-order valence-corrected chi connectivity index (χ4v) is 6.16. The second-order valence-electron chi connectivity index (χ2n) is 10.7. The van der Waals surface area contributed by atoms with Crippen LogP contribution in [-0.2, 0) is 10.2 Å². The molecule has 3 aromatic rings. The Kier molecular flexibility index (Phi) is 6.45. The van der Waals surface area contributed by atoms with Crippen LogP contribution in [0.5, 0.6) is 0 Å². The van der Waals surface area contributed by atoms with Crippen LogP contribution in [0.1, 0.15) is 55.8 Å². The minimum Gasteiger partial charge on any atom is -0.333 e. The van der Waals surface area contributed by atoms with Crippen molar-refractivity contribution in [2.24, 2.45) is 0 Å². The van der Waals surface area contributed by atoms with E-state index in [0.29, 0.717) is 34.3 Å². The monoisotopic (exact) mass is 539 g/mol. The molecule has 0 bridgehead atoms. The lowest BCUT2D eigenvalue weighted by molar-refractivity contribution is -0.126. The summed E-state index contributed by atoms with van der Waals surface area (Å²) in [4.78, 5) is 29.7. The van der Waals surface area contributed by atoms with E-state index in [4.69, 9.17) is 23.2 Å². The summed E-state index contributed by atoms with van der Waals surface area (Å²) in [6.07, 6.45) is 0.514. The molecule has 0 aromatic heterocycles. The summed E-state index contributed by atoms with van der Waals surface area (Å²) in [6.45, 7) is 6.07. The van der Waals surface area contributed by atoms with E-state index in [2.05, 4.69) is 10.6 Å². The zero-order valence-corrected chi connectivity index (χ0v) is 22.3. The summed E-state index contributed by atoms with van der Waals surface area (Å²) in [5.74, 6) is -1.02. The molecule has 0 saturated carbocycles. The quantitative estimate of drug-likeness (QED) is 0.366. The molecule has 5 nitrogen and oxygen atoms in total. The molecular weight excluding hydrogens is 512 g/mol. The number of urea groups is 1. The Morgan fingerprint density at radius 2 is 1.73 bits per heavy atom. The first-order valence-electron chi connectivity index (χ1n) is 12.2. The molecule has 0 unspecified atom stereocenters. The third-order valence-corrected chi connectivity index (χ3v) is 7.67. The van der Waals surface area contributed by atoms with Gasteiger partial charge in [-0.25, -0.2) is 9.18 Å². The van der Waals surface area contributed by atoms with Gasteiger partial charge in [0.15, 0.2) is 0 Å². The van der Waals surface area contributed by atoms with Gasteiger partial charge in [0.2, 0.25) is 5.91 Å². The molecular formula is C29H28Cl2FN3O2. The minimum atomic E-state index is -1.24. The number of hydrogen-bond acceptors (Lipinski definition) is 2. The van der Waals surface area contributed by atoms with Crippen molar-refractivity contribution in [1.82, 2.24) is 10.2 Å². The van der Waals surface area contributed by atoms with Crippen LogP contribution in [0.3, 0.4) is 0 Å². The molecule has 192 valence electrons. The van der Waals surface area contributed by atoms with E-state index in [9.17, 15) is 14.0 Å². The lowest BCUT2D eigenvalue weighted by atomic mass is 9.59. The molecule has 3 aromatic carbocycles. The fourth-order valence-electron chi connectivity index (χ4n) is 5.86. The van der Waals surface area contributed by atoms with Crippen LogP contribution >= 0.6 is 23.2 Å². The summed E-state index contributed by atoms with van der Waals surface area (Å²) in [5, 5.41) is 7.15. The second-order valence-corrected chi connectivity index (χ2v) is 11.6. The number of halogens is 3. The fraction of sp³-hybridized carbons (Fsp3) is 0.310. The maximum Gasteiger partial charge on any atom is 0.318 e. The minimum absolute atomic E-state index is 0.257. The van der Waals surface area contributed by atoms with Gasteiger partial charge in [0.05, 0.1) is 6.04 Å². The standard InChI is InChI=1S/C29H28Cl2FN3O2/c1-28(2,3)34-27(37)35-14-13-22(17-7-9-19(30)10-8-17)29(25(35)18-5-4-6-21(32)15-18)23-12-11-20(31)16-24(23)33-26(29)36/h4-12,15-16,22,25H,13-14H2,1-3H3,(H,33,36)(H,34,37)/t22-,25+,29+/m1/s1. The summed E-state index contributed by atoms with van der Waals surface area (Å²) < 4.78 is 14.7. The predicted octanol–water partition coefficient (Wildman–Crippen LogP) is 7.06. The van der Waals surface area contributed by atoms with Crippen LogP contribution in [0.2, 0.25) is 10.0 Å². The number of piperidine rings is 1. The van der Waals surface area contributed by atoms with E-state index in [1.54, 1.807) is 41.3 Å². The van der Waals surface area contributed by atoms with Crippen molar-refractivity contribution < 1.29 is 14.0 Å². The first kappa shape index (κ1) is 25.6. The number of fused-ring (bicyclic) bond motifs is 2. The van der Waals surface area contributed by atoms with Crippen molar-refractivity contribution in [1.29, 1.82) is 0 Å². The highest BCUT2D eigenvalue weighted by molar-refractivity contribution is 6.31. The van der Waals surface area contributed by atoms with Crippen molar-refractivity contribution in [3.8, 4) is 0 Å². The zero-order valence-electron chi connectivity index (χ0n) is 20.8. The van der Waals surface area contributed by atoms with Crippen molar-refractivity contribution in [3.05, 3.63) is 99.3 Å². The smallest absolute Gasteiger partial charge is 0.318 e. The van der Waals surface area contributed by atoms with Gasteiger partial charge >= 0.3 is 6.03 Å². The lowest BCUT2D eigenvalue weighted by Crippen LogP contribution is -2.60. The maximum atomic E-state index is 14.7. The number of nitrogens with zero attached hydrogens (tertiary/aromatic N) is 1. The van der Waals surface area contributed by atoms with Gasteiger partial charge in [0.25, 0.3) is 0 Å². The highest BCUT2D eigenvalue weighted by atomic mass is 35.5. The largest absolute Gasteiger partial charge is 0.333 e. The molecule has 2 aliphatic rings. The van der Waals surface area contributed by atoms with Crippen molar-refractivity contribution in [2.75, 3.05) is 11.9 Å². The average Bonchev–Trinajstić information content (AvgIpc) is 3.09. The number of anilines is 1. The molecule has 3 amide bonds. The normalized spacial score (nSPS) is 23.1. The molecule has 1 fully saturated rings. The van der Waals surface area contributed by atoms with Crippen LogP contribution < -0.4 is 10.6 Å². The Bertz CT molecular complexity index is 1370.